The molecule has 4 nitrogen and oxygen atoms in total. The number of rotatable bonds is 2. The zero-order valence-corrected chi connectivity index (χ0v) is 9.84. The summed E-state index contributed by atoms with van der Waals surface area (Å²) in [7, 11) is 0. The number of amidine groups is 1. The monoisotopic (exact) mass is 228 g/mol. The third-order valence-electron chi connectivity index (χ3n) is 2.66. The summed E-state index contributed by atoms with van der Waals surface area (Å²) in [6.45, 7) is 4.03. The summed E-state index contributed by atoms with van der Waals surface area (Å²) < 4.78 is 5.37. The Kier molecular flexibility index (Phi) is 2.91. The second kappa shape index (κ2) is 4.04. The lowest BCUT2D eigenvalue weighted by Crippen LogP contribution is -2.41. The lowest BCUT2D eigenvalue weighted by atomic mass is 10.1. The molecule has 1 N–H and O–H groups in total. The number of hydrogen-bond donors (Lipinski definition) is 1. The maximum atomic E-state index is 11.9. The second-order valence-electron chi connectivity index (χ2n) is 4.43. The molecule has 0 radical (unpaired) electrons. The normalized spacial score (nSPS) is 29.5. The first-order chi connectivity index (χ1) is 7.09. The average molecular weight is 228 g/mol. The van der Waals surface area contributed by atoms with Gasteiger partial charge >= 0.3 is 0 Å². The zero-order chi connectivity index (χ0) is 11.0. The molecular weight excluding hydrogens is 212 g/mol. The van der Waals surface area contributed by atoms with Crippen LogP contribution in [-0.4, -0.2) is 40.5 Å². The summed E-state index contributed by atoms with van der Waals surface area (Å²) in [6.07, 6.45) is 0.554. The van der Waals surface area contributed by atoms with Gasteiger partial charge in [-0.15, -0.1) is 0 Å². The molecule has 0 aliphatic carbocycles. The zero-order valence-electron chi connectivity index (χ0n) is 9.03. The van der Waals surface area contributed by atoms with Crippen LogP contribution in [0.3, 0.4) is 0 Å². The van der Waals surface area contributed by atoms with Crippen LogP contribution < -0.4 is 0 Å². The maximum Gasteiger partial charge on any atom is 0.292 e. The summed E-state index contributed by atoms with van der Waals surface area (Å²) >= 11 is 1.79. The topological polar surface area (TPSA) is 53.4 Å². The van der Waals surface area contributed by atoms with Gasteiger partial charge in [-0.25, -0.2) is 0 Å². The second-order valence-corrected chi connectivity index (χ2v) is 5.50. The summed E-state index contributed by atoms with van der Waals surface area (Å²) in [5.41, 5.74) is 0. The van der Waals surface area contributed by atoms with Gasteiger partial charge in [-0.3, -0.25) is 15.1 Å². The summed E-state index contributed by atoms with van der Waals surface area (Å²) in [4.78, 5) is 13.5. The highest BCUT2D eigenvalue weighted by Crippen LogP contribution is 2.31. The van der Waals surface area contributed by atoms with Crippen molar-refractivity contribution >= 4 is 23.7 Å². The number of nitrogens with one attached hydrogen (secondary N) is 1. The first-order valence-electron chi connectivity index (χ1n) is 5.24. The minimum absolute atomic E-state index is 0.0324. The van der Waals surface area contributed by atoms with E-state index in [2.05, 4.69) is 0 Å². The molecular formula is C10H16N2O2S. The molecule has 1 amide bonds. The predicted molar refractivity (Wildman–Crippen MR) is 60.0 cm³/mol. The summed E-state index contributed by atoms with van der Waals surface area (Å²) in [5, 5.41) is 7.65. The van der Waals surface area contributed by atoms with Crippen molar-refractivity contribution in [3.8, 4) is 0 Å². The van der Waals surface area contributed by atoms with Gasteiger partial charge in [0, 0.05) is 17.9 Å². The van der Waals surface area contributed by atoms with Crippen LogP contribution in [0.4, 0.5) is 0 Å². The highest BCUT2D eigenvalue weighted by atomic mass is 32.2. The number of amides is 1. The predicted octanol–water partition coefficient (Wildman–Crippen LogP) is 1.31. The van der Waals surface area contributed by atoms with Crippen molar-refractivity contribution in [1.82, 2.24) is 4.90 Å². The van der Waals surface area contributed by atoms with Gasteiger partial charge in [0.15, 0.2) is 0 Å². The molecule has 0 aromatic carbocycles. The standard InChI is InChI=1S/C10H16N2O2S/c1-6(2)3-9(13)12-7-4-15-5-8(7)14-10(12)11/h6-8,11H,3-5H2,1-2H3/t7-,8-/m1/s1. The van der Waals surface area contributed by atoms with E-state index in [-0.39, 0.29) is 24.1 Å². The minimum Gasteiger partial charge on any atom is -0.459 e. The number of nitrogens with zero attached hydrogens (tertiary/aromatic N) is 1. The Balaban J connectivity index is 2.07. The smallest absolute Gasteiger partial charge is 0.292 e. The molecule has 2 rings (SSSR count). The minimum atomic E-state index is 0.0324. The van der Waals surface area contributed by atoms with Crippen LogP contribution in [0.2, 0.25) is 0 Å². The molecule has 84 valence electrons. The van der Waals surface area contributed by atoms with E-state index in [1.54, 1.807) is 16.7 Å². The Labute approximate surface area is 93.9 Å². The van der Waals surface area contributed by atoms with Crippen LogP contribution in [-0.2, 0) is 9.53 Å². The molecule has 0 spiro atoms. The van der Waals surface area contributed by atoms with Crippen molar-refractivity contribution in [2.75, 3.05) is 11.5 Å². The van der Waals surface area contributed by atoms with Gasteiger partial charge < -0.3 is 4.74 Å². The third kappa shape index (κ3) is 1.97. The van der Waals surface area contributed by atoms with E-state index in [0.29, 0.717) is 12.3 Å². The van der Waals surface area contributed by atoms with E-state index in [0.717, 1.165) is 11.5 Å². The molecule has 0 aromatic rings. The largest absolute Gasteiger partial charge is 0.459 e. The molecule has 2 heterocycles. The molecule has 2 aliphatic rings. The highest BCUT2D eigenvalue weighted by molar-refractivity contribution is 7.99. The fourth-order valence-electron chi connectivity index (χ4n) is 1.97. The van der Waals surface area contributed by atoms with Crippen molar-refractivity contribution in [2.45, 2.75) is 32.4 Å². The lowest BCUT2D eigenvalue weighted by molar-refractivity contribution is -0.129. The lowest BCUT2D eigenvalue weighted by Gasteiger charge is -2.20. The van der Waals surface area contributed by atoms with E-state index >= 15 is 0 Å². The number of hydrogen-bond acceptors (Lipinski definition) is 4. The first-order valence-corrected chi connectivity index (χ1v) is 6.40. The van der Waals surface area contributed by atoms with Crippen molar-refractivity contribution < 1.29 is 9.53 Å². The maximum absolute atomic E-state index is 11.9. The summed E-state index contributed by atoms with van der Waals surface area (Å²) in [6, 6.07) is 0.157. The van der Waals surface area contributed by atoms with Crippen LogP contribution in [0.5, 0.6) is 0 Å². The van der Waals surface area contributed by atoms with Gasteiger partial charge in [-0.2, -0.15) is 11.8 Å². The van der Waals surface area contributed by atoms with Crippen molar-refractivity contribution in [1.29, 1.82) is 5.41 Å². The van der Waals surface area contributed by atoms with E-state index < -0.39 is 0 Å². The molecule has 0 unspecified atom stereocenters. The van der Waals surface area contributed by atoms with Gasteiger partial charge in [0.25, 0.3) is 6.02 Å². The number of carbonyl (C=O) groups is 1. The Bertz CT molecular complexity index is 293. The average Bonchev–Trinajstić information content (AvgIpc) is 2.60. The van der Waals surface area contributed by atoms with E-state index in [1.807, 2.05) is 13.8 Å². The van der Waals surface area contributed by atoms with E-state index in [1.165, 1.54) is 0 Å². The molecule has 15 heavy (non-hydrogen) atoms. The quantitative estimate of drug-likeness (QED) is 0.775. The van der Waals surface area contributed by atoms with Gasteiger partial charge in [0.1, 0.15) is 6.10 Å². The number of ether oxygens (including phenoxy) is 1. The Morgan fingerprint density at radius 1 is 1.67 bits per heavy atom. The fourth-order valence-corrected chi connectivity index (χ4v) is 3.24. The van der Waals surface area contributed by atoms with Gasteiger partial charge in [-0.05, 0) is 5.92 Å². The van der Waals surface area contributed by atoms with E-state index in [4.69, 9.17) is 10.1 Å². The fraction of sp³-hybridized carbons (Fsp3) is 0.800. The molecule has 5 heteroatoms. The van der Waals surface area contributed by atoms with Gasteiger partial charge in [0.05, 0.1) is 6.04 Å². The van der Waals surface area contributed by atoms with Gasteiger partial charge in [0.2, 0.25) is 5.91 Å². The highest BCUT2D eigenvalue weighted by Gasteiger charge is 2.45. The van der Waals surface area contributed by atoms with Gasteiger partial charge in [-0.1, -0.05) is 13.8 Å². The number of thioether (sulfide) groups is 1. The van der Waals surface area contributed by atoms with Crippen molar-refractivity contribution in [3.05, 3.63) is 0 Å². The Morgan fingerprint density at radius 3 is 3.07 bits per heavy atom. The Morgan fingerprint density at radius 2 is 2.40 bits per heavy atom. The molecule has 0 aromatic heterocycles. The Hall–Kier alpha value is -0.710. The SMILES string of the molecule is CC(C)CC(=O)N1C(=N)O[C@@H]2CSC[C@H]21. The van der Waals surface area contributed by atoms with Crippen LogP contribution in [0.15, 0.2) is 0 Å². The van der Waals surface area contributed by atoms with Crippen LogP contribution in [0.1, 0.15) is 20.3 Å². The molecule has 2 aliphatic heterocycles. The number of fused-ring (bicyclic) bond motifs is 1. The third-order valence-corrected chi connectivity index (χ3v) is 3.81. The first kappa shape index (κ1) is 10.8. The molecule has 0 saturated carbocycles. The van der Waals surface area contributed by atoms with Crippen molar-refractivity contribution in [2.24, 2.45) is 5.92 Å². The van der Waals surface area contributed by atoms with Crippen LogP contribution in [0.25, 0.3) is 0 Å². The van der Waals surface area contributed by atoms with Crippen molar-refractivity contribution in [3.63, 3.8) is 0 Å². The number of carbonyl (C=O) groups excluding carboxylic acids is 1. The van der Waals surface area contributed by atoms with E-state index in [9.17, 15) is 4.79 Å². The molecule has 2 atom stereocenters. The van der Waals surface area contributed by atoms with Crippen LogP contribution in [0, 0.1) is 11.3 Å². The summed E-state index contributed by atoms with van der Waals surface area (Å²) in [5.74, 6) is 2.17. The van der Waals surface area contributed by atoms with Crippen LogP contribution >= 0.6 is 11.8 Å². The molecule has 2 fully saturated rings. The molecule has 0 bridgehead atoms. The molecule has 2 saturated heterocycles.